The highest BCUT2D eigenvalue weighted by Crippen LogP contribution is 2.52. The van der Waals surface area contributed by atoms with E-state index in [1.165, 1.54) is 11.8 Å². The van der Waals surface area contributed by atoms with Crippen LogP contribution in [0.5, 0.6) is 5.75 Å². The van der Waals surface area contributed by atoms with Crippen molar-refractivity contribution >= 4 is 67.3 Å². The first-order valence-corrected chi connectivity index (χ1v) is 13.0. The largest absolute Gasteiger partial charge is 0.497 e. The number of hydrazone groups is 1. The van der Waals surface area contributed by atoms with Crippen LogP contribution in [0, 0.1) is 3.82 Å². The first-order chi connectivity index (χ1) is 14.6. The number of amidine groups is 1. The van der Waals surface area contributed by atoms with Crippen molar-refractivity contribution in [3.05, 3.63) is 26.9 Å². The van der Waals surface area contributed by atoms with Gasteiger partial charge in [0.05, 0.1) is 29.0 Å². The van der Waals surface area contributed by atoms with Gasteiger partial charge in [-0.3, -0.25) is 15.0 Å². The third-order valence-electron chi connectivity index (χ3n) is 5.27. The summed E-state index contributed by atoms with van der Waals surface area (Å²) in [4.78, 5) is 28.5. The van der Waals surface area contributed by atoms with Gasteiger partial charge >= 0.3 is 0 Å². The second kappa shape index (κ2) is 7.88. The number of nitrogens with one attached hydrogen (secondary N) is 2. The predicted octanol–water partition coefficient (Wildman–Crippen LogP) is 4.30. The van der Waals surface area contributed by atoms with E-state index in [4.69, 9.17) is 17.0 Å². The van der Waals surface area contributed by atoms with E-state index in [1.807, 2.05) is 36.9 Å². The maximum absolute atomic E-state index is 13.5. The summed E-state index contributed by atoms with van der Waals surface area (Å²) >= 11 is 6.82. The highest BCUT2D eigenvalue weighted by molar-refractivity contribution is 8.14. The molecule has 2 aromatic rings. The molecule has 0 spiro atoms. The maximum Gasteiger partial charge on any atom is 0.252 e. The molecule has 2 N–H and O–H groups in total. The molecule has 0 saturated carbocycles. The molecule has 4 rings (SSSR count). The number of carbonyl (C=O) groups excluding carboxylic acids is 2. The van der Waals surface area contributed by atoms with Crippen molar-refractivity contribution in [2.24, 2.45) is 5.10 Å². The summed E-state index contributed by atoms with van der Waals surface area (Å²) in [7, 11) is 4.77. The fraction of sp³-hybridized carbons (Fsp3) is 0.400. The van der Waals surface area contributed by atoms with Crippen molar-refractivity contribution < 1.29 is 14.3 Å². The molecule has 164 valence electrons. The van der Waals surface area contributed by atoms with Gasteiger partial charge in [0.2, 0.25) is 5.91 Å². The summed E-state index contributed by atoms with van der Waals surface area (Å²) < 4.78 is 6.23. The molecule has 0 atom stereocenters. The van der Waals surface area contributed by atoms with Gasteiger partial charge in [0.15, 0.2) is 5.17 Å². The van der Waals surface area contributed by atoms with Crippen LogP contribution in [0.2, 0.25) is 0 Å². The molecule has 0 saturated heterocycles. The zero-order chi connectivity index (χ0) is 22.6. The molecular weight excluding hydrogens is 473 g/mol. The summed E-state index contributed by atoms with van der Waals surface area (Å²) in [5.41, 5.74) is 4.20. The fourth-order valence-electron chi connectivity index (χ4n) is 3.57. The molecule has 7 nitrogen and oxygen atoms in total. The van der Waals surface area contributed by atoms with Gasteiger partial charge in [0.1, 0.15) is 15.1 Å². The van der Waals surface area contributed by atoms with Crippen molar-refractivity contribution in [1.29, 1.82) is 0 Å². The molecule has 0 fully saturated rings. The van der Waals surface area contributed by atoms with Crippen LogP contribution in [0.3, 0.4) is 0 Å². The Kier molecular flexibility index (Phi) is 5.65. The van der Waals surface area contributed by atoms with Crippen LogP contribution in [-0.4, -0.2) is 35.4 Å². The Morgan fingerprint density at radius 3 is 2.71 bits per heavy atom. The van der Waals surface area contributed by atoms with Gasteiger partial charge in [-0.1, -0.05) is 44.7 Å². The van der Waals surface area contributed by atoms with Crippen molar-refractivity contribution in [2.45, 2.75) is 38.8 Å². The molecule has 2 aliphatic rings. The van der Waals surface area contributed by atoms with E-state index in [2.05, 4.69) is 15.8 Å². The minimum absolute atomic E-state index is 0.0850. The predicted molar refractivity (Wildman–Crippen MR) is 131 cm³/mol. The monoisotopic (exact) mass is 494 g/mol. The van der Waals surface area contributed by atoms with E-state index >= 15 is 0 Å². The molecule has 1 aromatic carbocycles. The zero-order valence-corrected chi connectivity index (χ0v) is 21.0. The number of rotatable bonds is 3. The van der Waals surface area contributed by atoms with E-state index in [1.54, 1.807) is 41.6 Å². The maximum atomic E-state index is 13.5. The lowest BCUT2D eigenvalue weighted by Gasteiger charge is -2.43. The summed E-state index contributed by atoms with van der Waals surface area (Å²) in [6.07, 6.45) is 0. The number of carbonyl (C=O) groups is 2. The second-order valence-corrected chi connectivity index (χ2v) is 12.0. The van der Waals surface area contributed by atoms with Gasteiger partial charge in [-0.15, -0.1) is 0 Å². The number of hydrogen-bond donors (Lipinski definition) is 2. The highest BCUT2D eigenvalue weighted by atomic mass is 32.9. The summed E-state index contributed by atoms with van der Waals surface area (Å²) in [6.45, 7) is 7.55. The highest BCUT2D eigenvalue weighted by Gasteiger charge is 2.43. The Morgan fingerprint density at radius 1 is 1.29 bits per heavy atom. The van der Waals surface area contributed by atoms with E-state index in [0.717, 1.165) is 25.5 Å². The fourth-order valence-corrected chi connectivity index (χ4v) is 7.51. The molecule has 1 aromatic heterocycles. The number of fused-ring (bicyclic) bond motifs is 3. The van der Waals surface area contributed by atoms with Crippen LogP contribution < -0.4 is 20.4 Å². The van der Waals surface area contributed by atoms with Gasteiger partial charge in [-0.2, -0.15) is 5.10 Å². The van der Waals surface area contributed by atoms with Crippen LogP contribution in [0.4, 0.5) is 5.69 Å². The van der Waals surface area contributed by atoms with Crippen LogP contribution in [-0.2, 0) is 15.1 Å². The number of methoxy groups -OCH3 is 1. The van der Waals surface area contributed by atoms with Crippen LogP contribution >= 0.6 is 44.7 Å². The third-order valence-corrected chi connectivity index (χ3v) is 9.46. The van der Waals surface area contributed by atoms with E-state index in [0.29, 0.717) is 10.9 Å². The average Bonchev–Trinajstić information content (AvgIpc) is 3.11. The summed E-state index contributed by atoms with van der Waals surface area (Å²) in [6, 6.07) is 5.69. The smallest absolute Gasteiger partial charge is 0.252 e. The Hall–Kier alpha value is -1.95. The quantitative estimate of drug-likeness (QED) is 0.489. The van der Waals surface area contributed by atoms with Gasteiger partial charge in [-0.25, -0.2) is 0 Å². The number of benzene rings is 1. The first kappa shape index (κ1) is 22.3. The molecule has 31 heavy (non-hydrogen) atoms. The second-order valence-electron chi connectivity index (χ2n) is 8.23. The number of amides is 2. The normalized spacial score (nSPS) is 18.3. The van der Waals surface area contributed by atoms with Gasteiger partial charge in [0.25, 0.3) is 5.91 Å². The third kappa shape index (κ3) is 3.77. The standard InChI is InChI=1S/C20H22N4O3S4/c1-19(2)17(26)21-18(22-23-19)29-9-13(25)24-12-7-6-10(27-5)8-11(12)14-15(20(24,3)4)30-31-16(14)28/h6-8,23H,9H2,1-5H3,(H,21,22,26). The van der Waals surface area contributed by atoms with Crippen LogP contribution in [0.25, 0.3) is 11.1 Å². The minimum Gasteiger partial charge on any atom is -0.497 e. The SMILES string of the molecule is COc1ccc2c(c1)-c1c(ssc1=S)C(C)(C)N2C(=O)CSC1=NNC(C)(C)C(=O)N1. The molecule has 11 heteroatoms. The van der Waals surface area contributed by atoms with Crippen LogP contribution in [0.15, 0.2) is 23.3 Å². The number of ether oxygens (including phenoxy) is 1. The number of nitrogens with zero attached hydrogens (tertiary/aromatic N) is 2. The molecule has 0 radical (unpaired) electrons. The van der Waals surface area contributed by atoms with Gasteiger partial charge in [0, 0.05) is 11.1 Å². The van der Waals surface area contributed by atoms with E-state index in [9.17, 15) is 9.59 Å². The van der Waals surface area contributed by atoms with Crippen LogP contribution in [0.1, 0.15) is 32.6 Å². The summed E-state index contributed by atoms with van der Waals surface area (Å²) in [5.74, 6) is 0.569. The zero-order valence-electron chi connectivity index (χ0n) is 17.7. The molecule has 0 bridgehead atoms. The Bertz CT molecular complexity index is 1170. The Morgan fingerprint density at radius 2 is 2.03 bits per heavy atom. The lowest BCUT2D eigenvalue weighted by atomic mass is 9.87. The topological polar surface area (TPSA) is 83.0 Å². The average molecular weight is 495 g/mol. The van der Waals surface area contributed by atoms with E-state index < -0.39 is 11.1 Å². The minimum atomic E-state index is -0.778. The lowest BCUT2D eigenvalue weighted by molar-refractivity contribution is -0.125. The number of hydrogen-bond acceptors (Lipinski definition) is 9. The molecule has 2 aliphatic heterocycles. The number of anilines is 1. The molecule has 0 aliphatic carbocycles. The van der Waals surface area contributed by atoms with Crippen molar-refractivity contribution in [3.8, 4) is 16.9 Å². The number of thioether (sulfide) groups is 1. The molecule has 3 heterocycles. The van der Waals surface area contributed by atoms with Gasteiger partial charge in [-0.05, 0) is 45.9 Å². The van der Waals surface area contributed by atoms with Crippen molar-refractivity contribution in [2.75, 3.05) is 17.8 Å². The van der Waals surface area contributed by atoms with E-state index in [-0.39, 0.29) is 17.6 Å². The molecule has 0 unspecified atom stereocenters. The molecular formula is C20H22N4O3S4. The van der Waals surface area contributed by atoms with Crippen molar-refractivity contribution in [3.63, 3.8) is 0 Å². The van der Waals surface area contributed by atoms with Gasteiger partial charge < -0.3 is 15.0 Å². The van der Waals surface area contributed by atoms with Crippen molar-refractivity contribution in [1.82, 2.24) is 10.7 Å². The molecule has 2 amide bonds. The first-order valence-electron chi connectivity index (χ1n) is 9.50. The Labute approximate surface area is 197 Å². The lowest BCUT2D eigenvalue weighted by Crippen LogP contribution is -2.56. The summed E-state index contributed by atoms with van der Waals surface area (Å²) in [5, 5.41) is 7.33. The Balaban J connectivity index is 1.67.